The van der Waals surface area contributed by atoms with Crippen LogP contribution in [0.4, 0.5) is 5.69 Å². The van der Waals surface area contributed by atoms with E-state index >= 15 is 0 Å². The van der Waals surface area contributed by atoms with E-state index in [1.807, 2.05) is 18.4 Å². The van der Waals surface area contributed by atoms with Crippen molar-refractivity contribution in [3.63, 3.8) is 0 Å². The lowest BCUT2D eigenvalue weighted by Gasteiger charge is -2.04. The Morgan fingerprint density at radius 2 is 2.04 bits per heavy atom. The van der Waals surface area contributed by atoms with E-state index in [9.17, 15) is 19.7 Å². The van der Waals surface area contributed by atoms with Crippen LogP contribution < -0.4 is 4.80 Å². The number of fused-ring (bicyclic) bond motifs is 1. The Balaban J connectivity index is 2.19. The predicted molar refractivity (Wildman–Crippen MR) is 107 cm³/mol. The van der Waals surface area contributed by atoms with Gasteiger partial charge in [0.25, 0.3) is 11.6 Å². The quantitative estimate of drug-likeness (QED) is 0.273. The third kappa shape index (κ3) is 3.97. The van der Waals surface area contributed by atoms with Gasteiger partial charge in [-0.15, -0.1) is 11.8 Å². The molecule has 1 aromatic heterocycles. The van der Waals surface area contributed by atoms with Crippen LogP contribution in [0.1, 0.15) is 10.4 Å². The normalized spacial score (nSPS) is 11.6. The van der Waals surface area contributed by atoms with Gasteiger partial charge in [-0.1, -0.05) is 23.5 Å². The zero-order chi connectivity index (χ0) is 20.3. The second-order valence-corrected chi connectivity index (χ2v) is 7.43. The molecule has 0 spiro atoms. The Labute approximate surface area is 167 Å². The molecule has 0 bridgehead atoms. The zero-order valence-electron chi connectivity index (χ0n) is 14.9. The summed E-state index contributed by atoms with van der Waals surface area (Å²) < 4.78 is 6.84. The molecule has 0 aliphatic carbocycles. The van der Waals surface area contributed by atoms with Crippen LogP contribution in [0.2, 0.25) is 0 Å². The van der Waals surface area contributed by atoms with E-state index in [4.69, 9.17) is 4.74 Å². The van der Waals surface area contributed by atoms with E-state index in [0.29, 0.717) is 15.8 Å². The first-order chi connectivity index (χ1) is 13.4. The average molecular weight is 417 g/mol. The van der Waals surface area contributed by atoms with E-state index in [2.05, 4.69) is 4.99 Å². The van der Waals surface area contributed by atoms with Crippen molar-refractivity contribution < 1.29 is 19.2 Å². The summed E-state index contributed by atoms with van der Waals surface area (Å²) in [4.78, 5) is 40.4. The Bertz CT molecular complexity index is 1150. The van der Waals surface area contributed by atoms with E-state index in [-0.39, 0.29) is 17.0 Å². The number of thioether (sulfide) groups is 1. The van der Waals surface area contributed by atoms with Crippen LogP contribution in [0, 0.1) is 10.1 Å². The number of nitro benzene ring substituents is 1. The fraction of sp³-hybridized carbons (Fsp3) is 0.167. The number of hydrogen-bond donors (Lipinski definition) is 0. The van der Waals surface area contributed by atoms with Gasteiger partial charge in [0.15, 0.2) is 4.80 Å². The minimum Gasteiger partial charge on any atom is -0.468 e. The standard InChI is InChI=1S/C18H15N3O5S2/c1-26-16(22)10-20-13-9-11(21(24)25)7-8-15(13)28-18(20)19-17(23)12-5-3-4-6-14(12)27-2/h3-9H,10H2,1-2H3. The molecule has 0 N–H and O–H groups in total. The number of esters is 1. The number of thiazole rings is 1. The van der Waals surface area contributed by atoms with E-state index in [0.717, 1.165) is 4.90 Å². The summed E-state index contributed by atoms with van der Waals surface area (Å²) in [6.45, 7) is -0.214. The lowest BCUT2D eigenvalue weighted by Crippen LogP contribution is -2.22. The monoisotopic (exact) mass is 417 g/mol. The molecule has 1 amide bonds. The van der Waals surface area contributed by atoms with E-state index in [1.54, 1.807) is 18.2 Å². The first kappa shape index (κ1) is 19.8. The molecule has 0 unspecified atom stereocenters. The minimum atomic E-state index is -0.551. The van der Waals surface area contributed by atoms with Crippen molar-refractivity contribution >= 4 is 50.9 Å². The number of hydrogen-bond acceptors (Lipinski definition) is 7. The van der Waals surface area contributed by atoms with Gasteiger partial charge in [-0.05, 0) is 24.5 Å². The van der Waals surface area contributed by atoms with Crippen molar-refractivity contribution in [3.05, 3.63) is 62.9 Å². The number of methoxy groups -OCH3 is 1. The fourth-order valence-corrected chi connectivity index (χ4v) is 4.17. The maximum absolute atomic E-state index is 12.7. The first-order valence-corrected chi connectivity index (χ1v) is 10.1. The number of amides is 1. The lowest BCUT2D eigenvalue weighted by atomic mass is 10.2. The van der Waals surface area contributed by atoms with Crippen molar-refractivity contribution in [3.8, 4) is 0 Å². The number of carbonyl (C=O) groups excluding carboxylic acids is 2. The van der Waals surface area contributed by atoms with Crippen LogP contribution in [-0.2, 0) is 16.1 Å². The highest BCUT2D eigenvalue weighted by atomic mass is 32.2. The summed E-state index contributed by atoms with van der Waals surface area (Å²) in [6, 6.07) is 11.4. The van der Waals surface area contributed by atoms with Crippen molar-refractivity contribution in [2.45, 2.75) is 11.4 Å². The highest BCUT2D eigenvalue weighted by Gasteiger charge is 2.16. The summed E-state index contributed by atoms with van der Waals surface area (Å²) in [5.41, 5.74) is 0.770. The molecule has 28 heavy (non-hydrogen) atoms. The summed E-state index contributed by atoms with van der Waals surface area (Å²) in [5, 5.41) is 11.1. The average Bonchev–Trinajstić information content (AvgIpc) is 3.03. The molecule has 144 valence electrons. The number of ether oxygens (including phenoxy) is 1. The van der Waals surface area contributed by atoms with Gasteiger partial charge in [0, 0.05) is 17.0 Å². The van der Waals surface area contributed by atoms with Crippen molar-refractivity contribution in [1.82, 2.24) is 4.57 Å². The molecule has 3 rings (SSSR count). The third-order valence-corrected chi connectivity index (χ3v) is 5.78. The van der Waals surface area contributed by atoms with Gasteiger partial charge in [0.05, 0.1) is 27.8 Å². The molecule has 0 saturated heterocycles. The largest absolute Gasteiger partial charge is 0.468 e. The zero-order valence-corrected chi connectivity index (χ0v) is 16.6. The molecule has 2 aromatic carbocycles. The third-order valence-electron chi connectivity index (χ3n) is 3.93. The number of aromatic nitrogens is 1. The van der Waals surface area contributed by atoms with Crippen LogP contribution in [-0.4, -0.2) is 34.7 Å². The SMILES string of the molecule is COC(=O)Cn1c(=NC(=O)c2ccccc2SC)sc2ccc([N+](=O)[O-])cc21. The molecule has 1 heterocycles. The van der Waals surface area contributed by atoms with Crippen molar-refractivity contribution in [2.24, 2.45) is 4.99 Å². The molecule has 3 aromatic rings. The van der Waals surface area contributed by atoms with E-state index < -0.39 is 16.8 Å². The number of non-ortho nitro benzene ring substituents is 1. The first-order valence-electron chi connectivity index (χ1n) is 8.01. The molecule has 10 heteroatoms. The molecule has 8 nitrogen and oxygen atoms in total. The van der Waals surface area contributed by atoms with Crippen molar-refractivity contribution in [1.29, 1.82) is 0 Å². The van der Waals surface area contributed by atoms with Crippen LogP contribution in [0.15, 0.2) is 52.4 Å². The molecule has 0 radical (unpaired) electrons. The summed E-state index contributed by atoms with van der Waals surface area (Å²) in [6.07, 6.45) is 1.86. The van der Waals surface area contributed by atoms with Crippen LogP contribution in [0.3, 0.4) is 0 Å². The van der Waals surface area contributed by atoms with Gasteiger partial charge < -0.3 is 9.30 Å². The minimum absolute atomic E-state index is 0.116. The summed E-state index contributed by atoms with van der Waals surface area (Å²) >= 11 is 2.60. The van der Waals surface area contributed by atoms with E-state index in [1.165, 1.54) is 46.9 Å². The van der Waals surface area contributed by atoms with Gasteiger partial charge in [0.1, 0.15) is 6.54 Å². The number of nitro groups is 1. The second-order valence-electron chi connectivity index (χ2n) is 5.57. The Morgan fingerprint density at radius 3 is 2.71 bits per heavy atom. The topological polar surface area (TPSA) is 104 Å². The van der Waals surface area contributed by atoms with Crippen molar-refractivity contribution in [2.75, 3.05) is 13.4 Å². The van der Waals surface area contributed by atoms with Crippen LogP contribution in [0.25, 0.3) is 10.2 Å². The Hall–Kier alpha value is -2.98. The van der Waals surface area contributed by atoms with Gasteiger partial charge in [-0.25, -0.2) is 0 Å². The molecule has 0 fully saturated rings. The molecule has 0 aliphatic heterocycles. The Kier molecular flexibility index (Phi) is 5.90. The fourth-order valence-electron chi connectivity index (χ4n) is 2.57. The van der Waals surface area contributed by atoms with Gasteiger partial charge >= 0.3 is 5.97 Å². The number of benzene rings is 2. The number of rotatable bonds is 5. The maximum Gasteiger partial charge on any atom is 0.325 e. The van der Waals surface area contributed by atoms with Crippen LogP contribution in [0.5, 0.6) is 0 Å². The molecule has 0 saturated carbocycles. The molecular weight excluding hydrogens is 402 g/mol. The summed E-state index contributed by atoms with van der Waals surface area (Å²) in [5.74, 6) is -1.01. The highest BCUT2D eigenvalue weighted by molar-refractivity contribution is 7.98. The lowest BCUT2D eigenvalue weighted by molar-refractivity contribution is -0.384. The number of nitrogens with zero attached hydrogens (tertiary/aromatic N) is 3. The predicted octanol–water partition coefficient (Wildman–Crippen LogP) is 3.25. The summed E-state index contributed by atoms with van der Waals surface area (Å²) in [7, 11) is 1.25. The molecule has 0 atom stereocenters. The molecular formula is C18H15N3O5S2. The smallest absolute Gasteiger partial charge is 0.325 e. The molecule has 0 aliphatic rings. The van der Waals surface area contributed by atoms with Gasteiger partial charge in [-0.2, -0.15) is 4.99 Å². The number of carbonyl (C=O) groups is 2. The van der Waals surface area contributed by atoms with Gasteiger partial charge in [0.2, 0.25) is 0 Å². The highest BCUT2D eigenvalue weighted by Crippen LogP contribution is 2.24. The van der Waals surface area contributed by atoms with Gasteiger partial charge in [-0.3, -0.25) is 19.7 Å². The Morgan fingerprint density at radius 1 is 1.29 bits per heavy atom. The van der Waals surface area contributed by atoms with Crippen LogP contribution >= 0.6 is 23.1 Å². The maximum atomic E-state index is 12.7. The second kappa shape index (κ2) is 8.36.